The highest BCUT2D eigenvalue weighted by Crippen LogP contribution is 2.29. The van der Waals surface area contributed by atoms with Crippen molar-refractivity contribution >= 4 is 11.6 Å². The van der Waals surface area contributed by atoms with Crippen molar-refractivity contribution in [3.8, 4) is 22.9 Å². The first-order chi connectivity index (χ1) is 18.1. The number of phenols is 1. The highest BCUT2D eigenvalue weighted by molar-refractivity contribution is 5.93. The molecule has 0 atom stereocenters. The van der Waals surface area contributed by atoms with Crippen molar-refractivity contribution in [2.45, 2.75) is 6.42 Å². The molecule has 2 heterocycles. The van der Waals surface area contributed by atoms with E-state index in [-0.39, 0.29) is 11.7 Å². The summed E-state index contributed by atoms with van der Waals surface area (Å²) in [6.45, 7) is 2.53. The normalized spacial score (nSPS) is 13.5. The molecule has 1 saturated heterocycles. The number of carbonyl (C=O) groups excluding carboxylic acids is 1. The average molecular weight is 499 g/mol. The van der Waals surface area contributed by atoms with Crippen molar-refractivity contribution < 1.29 is 19.4 Å². The van der Waals surface area contributed by atoms with Gasteiger partial charge in [-0.25, -0.2) is 4.68 Å². The Morgan fingerprint density at radius 3 is 2.14 bits per heavy atom. The SMILES string of the molecule is COc1cc(OC)cc(N2CCN(C(=O)c3cc(Cc4ccccc4O)nn3-c3ccccc3)CC2)c1. The maximum atomic E-state index is 13.7. The van der Waals surface area contributed by atoms with Gasteiger partial charge in [0.2, 0.25) is 0 Å². The first-order valence-electron chi connectivity index (χ1n) is 12.2. The summed E-state index contributed by atoms with van der Waals surface area (Å²) >= 11 is 0. The number of para-hydroxylation sites is 2. The number of hydrogen-bond acceptors (Lipinski definition) is 6. The molecule has 1 aliphatic heterocycles. The van der Waals surface area contributed by atoms with Gasteiger partial charge in [-0.1, -0.05) is 36.4 Å². The summed E-state index contributed by atoms with van der Waals surface area (Å²) in [5, 5.41) is 15.0. The average Bonchev–Trinajstić information content (AvgIpc) is 3.38. The van der Waals surface area contributed by atoms with E-state index in [0.29, 0.717) is 38.3 Å². The number of methoxy groups -OCH3 is 2. The molecule has 1 aromatic heterocycles. The van der Waals surface area contributed by atoms with Crippen LogP contribution in [0.2, 0.25) is 0 Å². The minimum Gasteiger partial charge on any atom is -0.508 e. The zero-order valence-electron chi connectivity index (χ0n) is 21.0. The molecule has 1 fully saturated rings. The number of amides is 1. The third kappa shape index (κ3) is 5.23. The molecule has 0 radical (unpaired) electrons. The molecule has 8 heteroatoms. The van der Waals surface area contributed by atoms with Gasteiger partial charge in [-0.3, -0.25) is 4.79 Å². The first-order valence-corrected chi connectivity index (χ1v) is 12.2. The number of aromatic hydroxyl groups is 1. The van der Waals surface area contributed by atoms with Crippen molar-refractivity contribution in [3.05, 3.63) is 95.8 Å². The Labute approximate surface area is 216 Å². The Hall–Kier alpha value is -4.46. The van der Waals surface area contributed by atoms with E-state index in [4.69, 9.17) is 14.6 Å². The lowest BCUT2D eigenvalue weighted by molar-refractivity contribution is 0.0737. The van der Waals surface area contributed by atoms with Gasteiger partial charge in [-0.2, -0.15) is 5.10 Å². The Morgan fingerprint density at radius 1 is 0.838 bits per heavy atom. The molecular weight excluding hydrogens is 468 g/mol. The lowest BCUT2D eigenvalue weighted by atomic mass is 10.1. The number of anilines is 1. The zero-order valence-corrected chi connectivity index (χ0v) is 21.0. The van der Waals surface area contributed by atoms with Gasteiger partial charge in [0, 0.05) is 56.5 Å². The van der Waals surface area contributed by atoms with Crippen LogP contribution in [-0.4, -0.2) is 66.1 Å². The fourth-order valence-electron chi connectivity index (χ4n) is 4.60. The van der Waals surface area contributed by atoms with Crippen LogP contribution < -0.4 is 14.4 Å². The summed E-state index contributed by atoms with van der Waals surface area (Å²) in [7, 11) is 3.27. The molecule has 37 heavy (non-hydrogen) atoms. The monoisotopic (exact) mass is 498 g/mol. The number of carbonyl (C=O) groups is 1. The quantitative estimate of drug-likeness (QED) is 0.412. The van der Waals surface area contributed by atoms with Gasteiger partial charge in [-0.05, 0) is 29.8 Å². The smallest absolute Gasteiger partial charge is 0.272 e. The Kier molecular flexibility index (Phi) is 6.98. The van der Waals surface area contributed by atoms with Crippen LogP contribution in [0.25, 0.3) is 5.69 Å². The lowest BCUT2D eigenvalue weighted by Crippen LogP contribution is -2.49. The van der Waals surface area contributed by atoms with E-state index >= 15 is 0 Å². The standard InChI is InChI=1S/C29H30N4O4/c1-36-25-18-24(19-26(20-25)37-2)31-12-14-32(15-13-31)29(35)27-17-22(16-21-8-6-7-11-28(21)34)30-33(27)23-9-4-3-5-10-23/h3-11,17-20,34H,12-16H2,1-2H3. The Morgan fingerprint density at radius 2 is 1.49 bits per heavy atom. The molecule has 0 spiro atoms. The number of aromatic nitrogens is 2. The third-order valence-corrected chi connectivity index (χ3v) is 6.61. The topological polar surface area (TPSA) is 80.1 Å². The lowest BCUT2D eigenvalue weighted by Gasteiger charge is -2.36. The molecular formula is C29H30N4O4. The van der Waals surface area contributed by atoms with Crippen LogP contribution in [0.3, 0.4) is 0 Å². The summed E-state index contributed by atoms with van der Waals surface area (Å²) in [6.07, 6.45) is 0.429. The number of rotatable bonds is 7. The maximum absolute atomic E-state index is 13.7. The minimum atomic E-state index is -0.0669. The second-order valence-electron chi connectivity index (χ2n) is 8.92. The molecule has 190 valence electrons. The summed E-state index contributed by atoms with van der Waals surface area (Å²) in [6, 6.07) is 24.5. The molecule has 0 aliphatic carbocycles. The largest absolute Gasteiger partial charge is 0.508 e. The molecule has 0 bridgehead atoms. The summed E-state index contributed by atoms with van der Waals surface area (Å²) in [5.41, 5.74) is 3.81. The van der Waals surface area contributed by atoms with Crippen LogP contribution >= 0.6 is 0 Å². The fraction of sp³-hybridized carbons (Fsp3) is 0.241. The third-order valence-electron chi connectivity index (χ3n) is 6.61. The van der Waals surface area contributed by atoms with E-state index in [0.717, 1.165) is 34.1 Å². The minimum absolute atomic E-state index is 0.0669. The van der Waals surface area contributed by atoms with Crippen molar-refractivity contribution in [3.63, 3.8) is 0 Å². The van der Waals surface area contributed by atoms with Crippen molar-refractivity contribution in [2.75, 3.05) is 45.3 Å². The van der Waals surface area contributed by atoms with E-state index in [2.05, 4.69) is 4.90 Å². The van der Waals surface area contributed by atoms with Gasteiger partial charge in [0.25, 0.3) is 5.91 Å². The van der Waals surface area contributed by atoms with Gasteiger partial charge in [0.15, 0.2) is 0 Å². The predicted octanol–water partition coefficient (Wildman–Crippen LogP) is 4.15. The van der Waals surface area contributed by atoms with Gasteiger partial charge in [0.05, 0.1) is 25.6 Å². The molecule has 4 aromatic rings. The number of hydrogen-bond donors (Lipinski definition) is 1. The second-order valence-corrected chi connectivity index (χ2v) is 8.92. The molecule has 8 nitrogen and oxygen atoms in total. The first kappa shape index (κ1) is 24.2. The van der Waals surface area contributed by atoms with Crippen LogP contribution in [-0.2, 0) is 6.42 Å². The van der Waals surface area contributed by atoms with Crippen LogP contribution in [0.5, 0.6) is 17.2 Å². The molecule has 1 amide bonds. The number of ether oxygens (including phenoxy) is 2. The summed E-state index contributed by atoms with van der Waals surface area (Å²) in [5.74, 6) is 1.62. The van der Waals surface area contributed by atoms with Crippen molar-refractivity contribution in [2.24, 2.45) is 0 Å². The van der Waals surface area contributed by atoms with Crippen molar-refractivity contribution in [1.29, 1.82) is 0 Å². The van der Waals surface area contributed by atoms with Crippen LogP contribution in [0.15, 0.2) is 78.9 Å². The highest BCUT2D eigenvalue weighted by Gasteiger charge is 2.27. The summed E-state index contributed by atoms with van der Waals surface area (Å²) in [4.78, 5) is 17.8. The molecule has 1 N–H and O–H groups in total. The van der Waals surface area contributed by atoms with E-state index in [1.807, 2.05) is 71.6 Å². The molecule has 0 unspecified atom stereocenters. The van der Waals surface area contributed by atoms with E-state index in [1.54, 1.807) is 31.0 Å². The van der Waals surface area contributed by atoms with Crippen LogP contribution in [0.4, 0.5) is 5.69 Å². The zero-order chi connectivity index (χ0) is 25.8. The van der Waals surface area contributed by atoms with E-state index < -0.39 is 0 Å². The number of nitrogens with zero attached hydrogens (tertiary/aromatic N) is 4. The van der Waals surface area contributed by atoms with Gasteiger partial charge in [-0.15, -0.1) is 0 Å². The second kappa shape index (κ2) is 10.7. The van der Waals surface area contributed by atoms with Crippen molar-refractivity contribution in [1.82, 2.24) is 14.7 Å². The number of phenolic OH excluding ortho intramolecular Hbond substituents is 1. The van der Waals surface area contributed by atoms with E-state index in [1.165, 1.54) is 0 Å². The molecule has 0 saturated carbocycles. The molecule has 5 rings (SSSR count). The molecule has 3 aromatic carbocycles. The van der Waals surface area contributed by atoms with Gasteiger partial charge >= 0.3 is 0 Å². The predicted molar refractivity (Wildman–Crippen MR) is 142 cm³/mol. The molecule has 1 aliphatic rings. The number of benzene rings is 3. The number of piperazine rings is 1. The van der Waals surface area contributed by atoms with Gasteiger partial charge in [0.1, 0.15) is 22.9 Å². The Bertz CT molecular complexity index is 1360. The Balaban J connectivity index is 1.37. The van der Waals surface area contributed by atoms with Gasteiger partial charge < -0.3 is 24.4 Å². The summed E-state index contributed by atoms with van der Waals surface area (Å²) < 4.78 is 12.5. The van der Waals surface area contributed by atoms with Crippen LogP contribution in [0.1, 0.15) is 21.7 Å². The fourth-order valence-corrected chi connectivity index (χ4v) is 4.60. The van der Waals surface area contributed by atoms with E-state index in [9.17, 15) is 9.90 Å². The maximum Gasteiger partial charge on any atom is 0.272 e. The highest BCUT2D eigenvalue weighted by atomic mass is 16.5. The van der Waals surface area contributed by atoms with Crippen LogP contribution in [0, 0.1) is 0 Å².